The summed E-state index contributed by atoms with van der Waals surface area (Å²) in [5.41, 5.74) is 3.38. The molecule has 0 saturated heterocycles. The molecule has 4 aromatic rings. The molecule has 4 rings (SSSR count). The number of aromatic carboxylic acids is 1. The van der Waals surface area contributed by atoms with Gasteiger partial charge in [0.2, 0.25) is 0 Å². The summed E-state index contributed by atoms with van der Waals surface area (Å²) in [5, 5.41) is 11.2. The summed E-state index contributed by atoms with van der Waals surface area (Å²) in [4.78, 5) is 11.4. The van der Waals surface area contributed by atoms with Crippen molar-refractivity contribution in [3.05, 3.63) is 108 Å². The molecule has 6 heteroatoms. The topological polar surface area (TPSA) is 77.8 Å². The number of hydrogen-bond donors (Lipinski definition) is 2. The average Bonchev–Trinajstić information content (AvgIpc) is 2.79. The monoisotopic (exact) mass is 431 g/mol. The van der Waals surface area contributed by atoms with Gasteiger partial charge in [-0.25, -0.2) is 13.3 Å². The Hall–Kier alpha value is -3.48. The van der Waals surface area contributed by atoms with Gasteiger partial charge in [-0.2, -0.15) is 0 Å². The molecule has 156 valence electrons. The van der Waals surface area contributed by atoms with Crippen LogP contribution in [0.2, 0.25) is 0 Å². The van der Waals surface area contributed by atoms with E-state index in [9.17, 15) is 18.7 Å². The number of rotatable bonds is 7. The van der Waals surface area contributed by atoms with E-state index in [0.29, 0.717) is 29.8 Å². The second-order valence-electron chi connectivity index (χ2n) is 7.15. The summed E-state index contributed by atoms with van der Waals surface area (Å²) >= 11 is -2.24. The Morgan fingerprint density at radius 2 is 1.48 bits per heavy atom. The predicted octanol–water partition coefficient (Wildman–Crippen LogP) is 5.60. The van der Waals surface area contributed by atoms with Crippen LogP contribution in [0, 0.1) is 0 Å². The molecule has 0 amide bonds. The lowest BCUT2D eigenvalue weighted by Crippen LogP contribution is -2.19. The van der Waals surface area contributed by atoms with Crippen molar-refractivity contribution in [1.82, 2.24) is 0 Å². The van der Waals surface area contributed by atoms with Crippen LogP contribution < -0.4 is 4.31 Å². The summed E-state index contributed by atoms with van der Waals surface area (Å²) < 4.78 is 23.6. The average molecular weight is 432 g/mol. The van der Waals surface area contributed by atoms with Gasteiger partial charge in [-0.3, -0.25) is 4.55 Å². The second kappa shape index (κ2) is 9.12. The quantitative estimate of drug-likeness (QED) is 0.374. The fraction of sp³-hybridized carbons (Fsp3) is 0.0800. The molecule has 0 aliphatic rings. The van der Waals surface area contributed by atoms with Gasteiger partial charge in [0.05, 0.1) is 16.9 Å². The van der Waals surface area contributed by atoms with Crippen LogP contribution in [0.25, 0.3) is 10.8 Å². The molecule has 4 aromatic carbocycles. The number of carbonyl (C=O) groups is 1. The molecule has 0 fully saturated rings. The first kappa shape index (κ1) is 20.8. The molecular weight excluding hydrogens is 410 g/mol. The third kappa shape index (κ3) is 4.50. The minimum atomic E-state index is -2.24. The SMILES string of the molecule is O=C(O)c1ccccc1CCc1ccc(N(c2cccc3ccccc23)S(=O)O)cc1. The molecule has 0 aliphatic heterocycles. The maximum atomic E-state index is 12.2. The minimum Gasteiger partial charge on any atom is -0.478 e. The largest absolute Gasteiger partial charge is 0.478 e. The Labute approximate surface area is 183 Å². The van der Waals surface area contributed by atoms with E-state index < -0.39 is 17.2 Å². The van der Waals surface area contributed by atoms with E-state index in [2.05, 4.69) is 0 Å². The molecule has 5 nitrogen and oxygen atoms in total. The highest BCUT2D eigenvalue weighted by Crippen LogP contribution is 2.33. The van der Waals surface area contributed by atoms with Crippen LogP contribution in [0.5, 0.6) is 0 Å². The van der Waals surface area contributed by atoms with E-state index in [-0.39, 0.29) is 0 Å². The van der Waals surface area contributed by atoms with Gasteiger partial charge < -0.3 is 5.11 Å². The van der Waals surface area contributed by atoms with Crippen LogP contribution in [0.15, 0.2) is 91.0 Å². The van der Waals surface area contributed by atoms with Gasteiger partial charge >= 0.3 is 5.97 Å². The molecule has 0 radical (unpaired) electrons. The molecule has 2 N–H and O–H groups in total. The van der Waals surface area contributed by atoms with Gasteiger partial charge in [-0.15, -0.1) is 0 Å². The minimum absolute atomic E-state index is 0.317. The number of carboxylic acid groups (broad SMARTS) is 1. The fourth-order valence-corrected chi connectivity index (χ4v) is 4.35. The van der Waals surface area contributed by atoms with Crippen molar-refractivity contribution in [1.29, 1.82) is 0 Å². The number of nitrogens with zero attached hydrogens (tertiary/aromatic N) is 1. The Kier molecular flexibility index (Phi) is 6.11. The van der Waals surface area contributed by atoms with Crippen LogP contribution in [0.4, 0.5) is 11.4 Å². The molecule has 0 spiro atoms. The van der Waals surface area contributed by atoms with E-state index in [4.69, 9.17) is 0 Å². The lowest BCUT2D eigenvalue weighted by molar-refractivity contribution is 0.0695. The standard InChI is InChI=1S/C25H21NO4S/c27-25(28)23-10-4-2-7-20(23)15-12-18-13-16-21(17-14-18)26(31(29)30)24-11-5-8-19-6-1-3-9-22(19)24/h1-11,13-14,16-17H,12,15H2,(H,27,28)(H,29,30). The third-order valence-corrected chi connectivity index (χ3v) is 5.96. The first-order chi connectivity index (χ1) is 15.0. The molecule has 0 heterocycles. The summed E-state index contributed by atoms with van der Waals surface area (Å²) in [5.74, 6) is -0.929. The van der Waals surface area contributed by atoms with Gasteiger partial charge in [0, 0.05) is 5.39 Å². The molecule has 1 unspecified atom stereocenters. The van der Waals surface area contributed by atoms with Crippen molar-refractivity contribution in [2.24, 2.45) is 0 Å². The van der Waals surface area contributed by atoms with Gasteiger partial charge in [0.1, 0.15) is 0 Å². The number of anilines is 2. The normalized spacial score (nSPS) is 11.9. The number of aryl methyl sites for hydroxylation is 2. The summed E-state index contributed by atoms with van der Waals surface area (Å²) in [6.07, 6.45) is 1.27. The number of hydrogen-bond acceptors (Lipinski definition) is 2. The molecule has 0 aliphatic carbocycles. The summed E-state index contributed by atoms with van der Waals surface area (Å²) in [6.45, 7) is 0. The Morgan fingerprint density at radius 3 is 2.23 bits per heavy atom. The predicted molar refractivity (Wildman–Crippen MR) is 124 cm³/mol. The van der Waals surface area contributed by atoms with Crippen molar-refractivity contribution in [3.8, 4) is 0 Å². The number of carboxylic acids is 1. The van der Waals surface area contributed by atoms with Gasteiger partial charge in [0.15, 0.2) is 0 Å². The molecule has 0 bridgehead atoms. The third-order valence-electron chi connectivity index (χ3n) is 5.24. The van der Waals surface area contributed by atoms with Crippen molar-refractivity contribution in [2.75, 3.05) is 4.31 Å². The van der Waals surface area contributed by atoms with Crippen LogP contribution in [0.3, 0.4) is 0 Å². The van der Waals surface area contributed by atoms with Crippen molar-refractivity contribution >= 4 is 39.4 Å². The zero-order chi connectivity index (χ0) is 21.8. The van der Waals surface area contributed by atoms with Crippen molar-refractivity contribution in [3.63, 3.8) is 0 Å². The highest BCUT2D eigenvalue weighted by Gasteiger charge is 2.17. The van der Waals surface area contributed by atoms with Crippen LogP contribution in [-0.4, -0.2) is 19.8 Å². The molecular formula is C25H21NO4S. The van der Waals surface area contributed by atoms with Crippen LogP contribution >= 0.6 is 0 Å². The van der Waals surface area contributed by atoms with Gasteiger partial charge in [0.25, 0.3) is 11.3 Å². The first-order valence-electron chi connectivity index (χ1n) is 9.83. The molecule has 31 heavy (non-hydrogen) atoms. The number of fused-ring (bicyclic) bond motifs is 1. The maximum absolute atomic E-state index is 12.2. The van der Waals surface area contributed by atoms with Crippen molar-refractivity contribution < 1.29 is 18.7 Å². The van der Waals surface area contributed by atoms with Crippen LogP contribution in [-0.2, 0) is 24.1 Å². The van der Waals surface area contributed by atoms with E-state index >= 15 is 0 Å². The van der Waals surface area contributed by atoms with Crippen molar-refractivity contribution in [2.45, 2.75) is 12.8 Å². The van der Waals surface area contributed by atoms with Gasteiger partial charge in [-0.05, 0) is 53.6 Å². The fourth-order valence-electron chi connectivity index (χ4n) is 3.72. The zero-order valence-corrected chi connectivity index (χ0v) is 17.5. The molecule has 1 atom stereocenters. The van der Waals surface area contributed by atoms with E-state index in [1.165, 1.54) is 4.31 Å². The Morgan fingerprint density at radius 1 is 0.806 bits per heavy atom. The smallest absolute Gasteiger partial charge is 0.335 e. The lowest BCUT2D eigenvalue weighted by Gasteiger charge is -2.22. The van der Waals surface area contributed by atoms with E-state index in [0.717, 1.165) is 21.9 Å². The molecule has 0 saturated carbocycles. The zero-order valence-electron chi connectivity index (χ0n) is 16.6. The Balaban J connectivity index is 1.59. The first-order valence-corrected chi connectivity index (χ1v) is 10.9. The maximum Gasteiger partial charge on any atom is 0.335 e. The number of benzene rings is 4. The summed E-state index contributed by atoms with van der Waals surface area (Å²) in [6, 6.07) is 27.8. The van der Waals surface area contributed by atoms with Crippen LogP contribution in [0.1, 0.15) is 21.5 Å². The van der Waals surface area contributed by atoms with E-state index in [1.54, 1.807) is 12.1 Å². The molecule has 0 aromatic heterocycles. The highest BCUT2D eigenvalue weighted by atomic mass is 32.2. The summed E-state index contributed by atoms with van der Waals surface area (Å²) in [7, 11) is 0. The van der Waals surface area contributed by atoms with E-state index in [1.807, 2.05) is 78.9 Å². The second-order valence-corrected chi connectivity index (χ2v) is 7.98. The Bertz CT molecular complexity index is 1250. The lowest BCUT2D eigenvalue weighted by atomic mass is 10.00. The van der Waals surface area contributed by atoms with Gasteiger partial charge in [-0.1, -0.05) is 66.7 Å². The highest BCUT2D eigenvalue weighted by molar-refractivity contribution is 7.81.